The molecule has 2 bridgehead atoms. The second-order valence-electron chi connectivity index (χ2n) is 9.92. The van der Waals surface area contributed by atoms with Crippen molar-refractivity contribution < 1.29 is 4.79 Å². The minimum atomic E-state index is -0.207. The van der Waals surface area contributed by atoms with Crippen molar-refractivity contribution in [3.05, 3.63) is 46.2 Å². The topological polar surface area (TPSA) is 57.6 Å². The predicted octanol–water partition coefficient (Wildman–Crippen LogP) is 3.01. The van der Waals surface area contributed by atoms with E-state index < -0.39 is 0 Å². The van der Waals surface area contributed by atoms with Crippen LogP contribution >= 0.6 is 0 Å². The zero-order chi connectivity index (χ0) is 21.5. The lowest BCUT2D eigenvalue weighted by Crippen LogP contribution is -2.63. The Morgan fingerprint density at radius 1 is 0.968 bits per heavy atom. The van der Waals surface area contributed by atoms with Gasteiger partial charge in [-0.25, -0.2) is 0 Å². The number of fused-ring (bicyclic) bond motifs is 3. The minimum Gasteiger partial charge on any atom is -0.349 e. The van der Waals surface area contributed by atoms with Crippen molar-refractivity contribution in [1.29, 1.82) is 0 Å². The number of aromatic nitrogens is 1. The molecule has 6 heteroatoms. The molecule has 2 atom stereocenters. The highest BCUT2D eigenvalue weighted by Gasteiger charge is 2.38. The van der Waals surface area contributed by atoms with E-state index in [1.807, 2.05) is 30.5 Å². The number of carbonyl (C=O) groups is 1. The molecule has 1 N–H and O–H groups in total. The van der Waals surface area contributed by atoms with Crippen LogP contribution in [-0.2, 0) is 0 Å². The molecule has 1 amide bonds. The molecular weight excluding hydrogens is 388 g/mol. The first-order valence-corrected chi connectivity index (χ1v) is 11.9. The van der Waals surface area contributed by atoms with E-state index >= 15 is 0 Å². The van der Waals surface area contributed by atoms with E-state index in [9.17, 15) is 9.59 Å². The normalized spacial score (nSPS) is 28.0. The standard InChI is InChI=1S/C25H34N4O2/c1-27-14-19-12-17(13-20(15-27)28(19)2)26-25(31)22-16-29(18-8-4-3-5-9-18)23-11-7-6-10-21(23)24(22)30/h6-7,10-11,16-20H,3-5,8-9,12-15H2,1-2H3,(H,26,31). The summed E-state index contributed by atoms with van der Waals surface area (Å²) >= 11 is 0. The van der Waals surface area contributed by atoms with Crippen molar-refractivity contribution in [3.63, 3.8) is 0 Å². The number of benzene rings is 1. The summed E-state index contributed by atoms with van der Waals surface area (Å²) in [7, 11) is 4.38. The Bertz CT molecular complexity index is 1010. The van der Waals surface area contributed by atoms with E-state index in [1.165, 1.54) is 19.3 Å². The van der Waals surface area contributed by atoms with Crippen LogP contribution in [0.25, 0.3) is 10.9 Å². The molecule has 3 aliphatic rings. The second kappa shape index (κ2) is 8.40. The van der Waals surface area contributed by atoms with E-state index in [0.29, 0.717) is 29.1 Å². The van der Waals surface area contributed by atoms with Gasteiger partial charge in [-0.15, -0.1) is 0 Å². The molecule has 3 heterocycles. The molecule has 6 nitrogen and oxygen atoms in total. The molecule has 0 radical (unpaired) electrons. The first-order valence-electron chi connectivity index (χ1n) is 11.9. The molecule has 2 unspecified atom stereocenters. The quantitative estimate of drug-likeness (QED) is 0.826. The van der Waals surface area contributed by atoms with Gasteiger partial charge in [0.05, 0.1) is 5.52 Å². The third kappa shape index (κ3) is 3.92. The molecule has 1 aliphatic carbocycles. The van der Waals surface area contributed by atoms with Crippen LogP contribution in [0.3, 0.4) is 0 Å². The van der Waals surface area contributed by atoms with Crippen LogP contribution in [0.2, 0.25) is 0 Å². The lowest BCUT2D eigenvalue weighted by atomic mass is 9.88. The number of para-hydroxylation sites is 1. The first-order chi connectivity index (χ1) is 15.0. The Balaban J connectivity index is 1.44. The van der Waals surface area contributed by atoms with E-state index in [-0.39, 0.29) is 17.4 Å². The van der Waals surface area contributed by atoms with Crippen molar-refractivity contribution in [1.82, 2.24) is 19.7 Å². The number of carbonyl (C=O) groups excluding carboxylic acids is 1. The fourth-order valence-electron chi connectivity index (χ4n) is 6.09. The number of pyridine rings is 1. The van der Waals surface area contributed by atoms with Gasteiger partial charge in [0.2, 0.25) is 5.43 Å². The molecule has 2 aromatic rings. The highest BCUT2D eigenvalue weighted by Crippen LogP contribution is 2.31. The number of amides is 1. The van der Waals surface area contributed by atoms with Gasteiger partial charge < -0.3 is 14.8 Å². The van der Waals surface area contributed by atoms with Crippen LogP contribution in [0.1, 0.15) is 61.3 Å². The maximum atomic E-state index is 13.3. The van der Waals surface area contributed by atoms with E-state index in [4.69, 9.17) is 0 Å². The lowest BCUT2D eigenvalue weighted by molar-refractivity contribution is 0.00839. The molecular formula is C25H34N4O2. The Hall–Kier alpha value is -2.18. The summed E-state index contributed by atoms with van der Waals surface area (Å²) in [5, 5.41) is 3.89. The number of likely N-dealkylation sites (N-methyl/N-ethyl adjacent to an activating group) is 2. The number of nitrogens with zero attached hydrogens (tertiary/aromatic N) is 3. The SMILES string of the molecule is CN1CC2CC(NC(=O)c3cn(C4CCCCC4)c4ccccc4c3=O)CC(C1)N2C. The number of nitrogens with one attached hydrogen (secondary N) is 1. The first kappa shape index (κ1) is 20.7. The van der Waals surface area contributed by atoms with Crippen molar-refractivity contribution in [2.75, 3.05) is 27.2 Å². The number of likely N-dealkylation sites (tertiary alicyclic amines) is 1. The number of rotatable bonds is 3. The average molecular weight is 423 g/mol. The Kier molecular flexibility index (Phi) is 5.61. The van der Waals surface area contributed by atoms with Gasteiger partial charge in [0.25, 0.3) is 5.91 Å². The maximum Gasteiger partial charge on any atom is 0.256 e. The summed E-state index contributed by atoms with van der Waals surface area (Å²) in [6.07, 6.45) is 9.63. The van der Waals surface area contributed by atoms with Crippen LogP contribution in [0.4, 0.5) is 0 Å². The fourth-order valence-corrected chi connectivity index (χ4v) is 6.09. The van der Waals surface area contributed by atoms with Gasteiger partial charge >= 0.3 is 0 Å². The predicted molar refractivity (Wildman–Crippen MR) is 124 cm³/mol. The molecule has 2 aliphatic heterocycles. The van der Waals surface area contributed by atoms with Gasteiger partial charge in [-0.2, -0.15) is 0 Å². The van der Waals surface area contributed by atoms with Crippen molar-refractivity contribution in [2.24, 2.45) is 0 Å². The molecule has 166 valence electrons. The molecule has 31 heavy (non-hydrogen) atoms. The minimum absolute atomic E-state index is 0.126. The van der Waals surface area contributed by atoms with Crippen LogP contribution in [0.15, 0.2) is 35.3 Å². The van der Waals surface area contributed by atoms with Gasteiger partial charge in [-0.3, -0.25) is 14.5 Å². The zero-order valence-electron chi connectivity index (χ0n) is 18.7. The van der Waals surface area contributed by atoms with Crippen molar-refractivity contribution >= 4 is 16.8 Å². The summed E-state index contributed by atoms with van der Waals surface area (Å²) in [4.78, 5) is 31.4. The Morgan fingerprint density at radius 2 is 1.65 bits per heavy atom. The lowest BCUT2D eigenvalue weighted by Gasteiger charge is -2.50. The second-order valence-corrected chi connectivity index (χ2v) is 9.92. The smallest absolute Gasteiger partial charge is 0.256 e. The van der Waals surface area contributed by atoms with Crippen molar-refractivity contribution in [2.45, 2.75) is 69.1 Å². The van der Waals surface area contributed by atoms with Crippen molar-refractivity contribution in [3.8, 4) is 0 Å². The third-order valence-electron chi connectivity index (χ3n) is 7.80. The summed E-state index contributed by atoms with van der Waals surface area (Å²) in [6, 6.07) is 9.16. The van der Waals surface area contributed by atoms with E-state index in [0.717, 1.165) is 44.3 Å². The van der Waals surface area contributed by atoms with Gasteiger partial charge in [-0.05, 0) is 51.9 Å². The highest BCUT2D eigenvalue weighted by atomic mass is 16.2. The monoisotopic (exact) mass is 422 g/mol. The number of piperazine rings is 1. The number of hydrogen-bond acceptors (Lipinski definition) is 4. The molecule has 5 rings (SSSR count). The van der Waals surface area contributed by atoms with Gasteiger partial charge in [0.15, 0.2) is 0 Å². The van der Waals surface area contributed by atoms with E-state index in [1.54, 1.807) is 0 Å². The summed E-state index contributed by atoms with van der Waals surface area (Å²) in [5.41, 5.74) is 1.10. The summed E-state index contributed by atoms with van der Waals surface area (Å²) in [6.45, 7) is 2.06. The van der Waals surface area contributed by atoms with Crippen LogP contribution in [-0.4, -0.2) is 65.6 Å². The highest BCUT2D eigenvalue weighted by molar-refractivity contribution is 5.97. The zero-order valence-corrected chi connectivity index (χ0v) is 18.7. The molecule has 1 saturated carbocycles. The summed E-state index contributed by atoms with van der Waals surface area (Å²) < 4.78 is 2.21. The molecule has 2 saturated heterocycles. The van der Waals surface area contributed by atoms with Crippen LogP contribution in [0, 0.1) is 0 Å². The molecule has 3 fully saturated rings. The fraction of sp³-hybridized carbons (Fsp3) is 0.600. The molecule has 1 aromatic heterocycles. The maximum absolute atomic E-state index is 13.3. The van der Waals surface area contributed by atoms with Gasteiger partial charge in [0.1, 0.15) is 5.56 Å². The van der Waals surface area contributed by atoms with Gasteiger partial charge in [-0.1, -0.05) is 31.4 Å². The third-order valence-corrected chi connectivity index (χ3v) is 7.80. The van der Waals surface area contributed by atoms with Crippen LogP contribution < -0.4 is 10.7 Å². The summed E-state index contributed by atoms with van der Waals surface area (Å²) in [5.74, 6) is -0.207. The van der Waals surface area contributed by atoms with E-state index in [2.05, 4.69) is 33.8 Å². The molecule has 1 aromatic carbocycles. The average Bonchev–Trinajstić information content (AvgIpc) is 2.76. The number of hydrogen-bond donors (Lipinski definition) is 1. The molecule has 0 spiro atoms. The largest absolute Gasteiger partial charge is 0.349 e. The van der Waals surface area contributed by atoms with Gasteiger partial charge in [0, 0.05) is 48.8 Å². The number of piperidine rings is 1. The van der Waals surface area contributed by atoms with Crippen LogP contribution in [0.5, 0.6) is 0 Å². The Morgan fingerprint density at radius 3 is 2.35 bits per heavy atom. The Labute approximate surface area is 184 Å².